The molecule has 0 bridgehead atoms. The van der Waals surface area contributed by atoms with Gasteiger partial charge in [0, 0.05) is 5.69 Å². The zero-order chi connectivity index (χ0) is 14.8. The number of amides is 1. The summed E-state index contributed by atoms with van der Waals surface area (Å²) in [5.74, 6) is -0.432. The Kier molecular flexibility index (Phi) is 4.59. The average Bonchev–Trinajstić information content (AvgIpc) is 2.77. The molecule has 1 aromatic heterocycles. The Morgan fingerprint density at radius 3 is 2.35 bits per heavy atom. The SMILES string of the molecule is NS(=O)(=O)Cc1ccc(NC(=O)c2ccc(Br)s2)cc1. The largest absolute Gasteiger partial charge is 0.321 e. The van der Waals surface area contributed by atoms with E-state index in [4.69, 9.17) is 5.14 Å². The zero-order valence-electron chi connectivity index (χ0n) is 10.2. The topological polar surface area (TPSA) is 89.3 Å². The number of halogens is 1. The average molecular weight is 375 g/mol. The molecular weight excluding hydrogens is 364 g/mol. The minimum atomic E-state index is -3.54. The number of sulfonamides is 1. The third kappa shape index (κ3) is 4.41. The van der Waals surface area contributed by atoms with Gasteiger partial charge in [-0.2, -0.15) is 0 Å². The van der Waals surface area contributed by atoms with Gasteiger partial charge < -0.3 is 5.32 Å². The van der Waals surface area contributed by atoms with Gasteiger partial charge in [0.15, 0.2) is 0 Å². The highest BCUT2D eigenvalue weighted by atomic mass is 79.9. The molecule has 8 heteroatoms. The molecule has 0 spiro atoms. The number of thiophene rings is 1. The summed E-state index contributed by atoms with van der Waals surface area (Å²) >= 11 is 4.63. The number of nitrogens with one attached hydrogen (secondary N) is 1. The van der Waals surface area contributed by atoms with Crippen LogP contribution in [-0.4, -0.2) is 14.3 Å². The van der Waals surface area contributed by atoms with E-state index in [1.54, 1.807) is 36.4 Å². The van der Waals surface area contributed by atoms with Gasteiger partial charge in [0.2, 0.25) is 10.0 Å². The molecule has 1 heterocycles. The third-order valence-corrected chi connectivity index (χ3v) is 4.73. The summed E-state index contributed by atoms with van der Waals surface area (Å²) in [6.07, 6.45) is 0. The fraction of sp³-hybridized carbons (Fsp3) is 0.0833. The molecule has 0 radical (unpaired) electrons. The molecule has 5 nitrogen and oxygen atoms in total. The standard InChI is InChI=1S/C12H11BrN2O3S2/c13-11-6-5-10(19-11)12(16)15-9-3-1-8(2-4-9)7-20(14,17)18/h1-6H,7H2,(H,15,16)(H2,14,17,18). The van der Waals surface area contributed by atoms with Crippen molar-refractivity contribution < 1.29 is 13.2 Å². The van der Waals surface area contributed by atoms with Crippen LogP contribution in [0, 0.1) is 0 Å². The van der Waals surface area contributed by atoms with E-state index in [1.807, 2.05) is 0 Å². The fourth-order valence-electron chi connectivity index (χ4n) is 1.55. The van der Waals surface area contributed by atoms with Gasteiger partial charge in [-0.3, -0.25) is 4.79 Å². The van der Waals surface area contributed by atoms with Crippen LogP contribution in [0.3, 0.4) is 0 Å². The molecule has 2 rings (SSSR count). The third-order valence-electron chi connectivity index (χ3n) is 2.38. The number of primary sulfonamides is 1. The van der Waals surface area contributed by atoms with Crippen molar-refractivity contribution in [3.63, 3.8) is 0 Å². The maximum Gasteiger partial charge on any atom is 0.265 e. The molecule has 1 aromatic carbocycles. The van der Waals surface area contributed by atoms with Crippen molar-refractivity contribution in [2.75, 3.05) is 5.32 Å². The molecule has 1 amide bonds. The van der Waals surface area contributed by atoms with Crippen LogP contribution in [0.5, 0.6) is 0 Å². The minimum absolute atomic E-state index is 0.208. The van der Waals surface area contributed by atoms with Crippen LogP contribution < -0.4 is 10.5 Å². The highest BCUT2D eigenvalue weighted by Gasteiger charge is 2.09. The number of nitrogens with two attached hydrogens (primary N) is 1. The first kappa shape index (κ1) is 15.2. The monoisotopic (exact) mass is 374 g/mol. The number of carbonyl (C=O) groups excluding carboxylic acids is 1. The predicted molar refractivity (Wildman–Crippen MR) is 83.2 cm³/mol. The summed E-state index contributed by atoms with van der Waals surface area (Å²) in [6, 6.07) is 10.0. The van der Waals surface area contributed by atoms with E-state index in [2.05, 4.69) is 21.2 Å². The lowest BCUT2D eigenvalue weighted by molar-refractivity contribution is 0.103. The van der Waals surface area contributed by atoms with Gasteiger partial charge >= 0.3 is 0 Å². The van der Waals surface area contributed by atoms with Gasteiger partial charge in [0.1, 0.15) is 0 Å². The molecule has 3 N–H and O–H groups in total. The van der Waals surface area contributed by atoms with Gasteiger partial charge in [-0.15, -0.1) is 11.3 Å². The summed E-state index contributed by atoms with van der Waals surface area (Å²) in [6.45, 7) is 0. The van der Waals surface area contributed by atoms with Gasteiger partial charge in [0.05, 0.1) is 14.4 Å². The first-order chi connectivity index (χ1) is 9.33. The van der Waals surface area contributed by atoms with Crippen molar-refractivity contribution in [3.8, 4) is 0 Å². The van der Waals surface area contributed by atoms with Crippen LogP contribution in [0.4, 0.5) is 5.69 Å². The first-order valence-corrected chi connectivity index (χ1v) is 8.82. The molecule has 0 fully saturated rings. The van der Waals surface area contributed by atoms with Crippen molar-refractivity contribution in [1.29, 1.82) is 0 Å². The predicted octanol–water partition coefficient (Wildman–Crippen LogP) is 2.55. The van der Waals surface area contributed by atoms with Crippen molar-refractivity contribution in [3.05, 3.63) is 50.6 Å². The van der Waals surface area contributed by atoms with Crippen LogP contribution in [0.25, 0.3) is 0 Å². The number of hydrogen-bond donors (Lipinski definition) is 2. The Morgan fingerprint density at radius 2 is 1.85 bits per heavy atom. The van der Waals surface area contributed by atoms with E-state index in [-0.39, 0.29) is 11.7 Å². The van der Waals surface area contributed by atoms with E-state index < -0.39 is 10.0 Å². The summed E-state index contributed by atoms with van der Waals surface area (Å²) in [7, 11) is -3.54. The Morgan fingerprint density at radius 1 is 1.20 bits per heavy atom. The van der Waals surface area contributed by atoms with Crippen LogP contribution in [0.2, 0.25) is 0 Å². The second kappa shape index (κ2) is 6.04. The van der Waals surface area contributed by atoms with Crippen molar-refractivity contribution in [2.24, 2.45) is 5.14 Å². The lowest BCUT2D eigenvalue weighted by Crippen LogP contribution is -2.14. The Hall–Kier alpha value is -1.22. The first-order valence-electron chi connectivity index (χ1n) is 5.49. The smallest absolute Gasteiger partial charge is 0.265 e. The van der Waals surface area contributed by atoms with Crippen LogP contribution >= 0.6 is 27.3 Å². The van der Waals surface area contributed by atoms with E-state index in [9.17, 15) is 13.2 Å². The lowest BCUT2D eigenvalue weighted by atomic mass is 10.2. The van der Waals surface area contributed by atoms with Crippen LogP contribution in [-0.2, 0) is 15.8 Å². The van der Waals surface area contributed by atoms with Gasteiger partial charge in [0.25, 0.3) is 5.91 Å². The van der Waals surface area contributed by atoms with E-state index in [0.29, 0.717) is 16.1 Å². The summed E-state index contributed by atoms with van der Waals surface area (Å²) in [5.41, 5.74) is 1.17. The maximum absolute atomic E-state index is 11.9. The fourth-order valence-corrected chi connectivity index (χ4v) is 3.48. The number of rotatable bonds is 4. The summed E-state index contributed by atoms with van der Waals surface area (Å²) in [4.78, 5) is 12.5. The molecular formula is C12H11BrN2O3S2. The lowest BCUT2D eigenvalue weighted by Gasteiger charge is -2.05. The second-order valence-electron chi connectivity index (χ2n) is 4.06. The summed E-state index contributed by atoms with van der Waals surface area (Å²) in [5, 5.41) is 7.70. The number of hydrogen-bond acceptors (Lipinski definition) is 4. The minimum Gasteiger partial charge on any atom is -0.321 e. The quantitative estimate of drug-likeness (QED) is 0.861. The normalized spacial score (nSPS) is 11.3. The molecule has 0 unspecified atom stereocenters. The molecule has 0 aliphatic carbocycles. The maximum atomic E-state index is 11.9. The molecule has 0 saturated carbocycles. The molecule has 20 heavy (non-hydrogen) atoms. The number of benzene rings is 1. The molecule has 2 aromatic rings. The Bertz CT molecular complexity index is 723. The number of anilines is 1. The molecule has 0 saturated heterocycles. The molecule has 0 aliphatic heterocycles. The second-order valence-corrected chi connectivity index (χ2v) is 8.14. The summed E-state index contributed by atoms with van der Waals surface area (Å²) < 4.78 is 22.8. The zero-order valence-corrected chi connectivity index (χ0v) is 13.4. The highest BCUT2D eigenvalue weighted by molar-refractivity contribution is 9.11. The van der Waals surface area contributed by atoms with Crippen LogP contribution in [0.1, 0.15) is 15.2 Å². The van der Waals surface area contributed by atoms with E-state index in [1.165, 1.54) is 11.3 Å². The van der Waals surface area contributed by atoms with E-state index >= 15 is 0 Å². The van der Waals surface area contributed by atoms with Gasteiger partial charge in [-0.1, -0.05) is 12.1 Å². The Balaban J connectivity index is 2.06. The van der Waals surface area contributed by atoms with E-state index in [0.717, 1.165) is 3.79 Å². The van der Waals surface area contributed by atoms with Crippen molar-refractivity contribution >= 4 is 48.9 Å². The number of carbonyl (C=O) groups is 1. The van der Waals surface area contributed by atoms with Gasteiger partial charge in [-0.05, 0) is 45.8 Å². The highest BCUT2D eigenvalue weighted by Crippen LogP contribution is 2.23. The van der Waals surface area contributed by atoms with Crippen molar-refractivity contribution in [2.45, 2.75) is 5.75 Å². The molecule has 0 atom stereocenters. The van der Waals surface area contributed by atoms with Crippen LogP contribution in [0.15, 0.2) is 40.2 Å². The Labute approximate surface area is 129 Å². The molecule has 106 valence electrons. The molecule has 0 aliphatic rings. The van der Waals surface area contributed by atoms with Gasteiger partial charge in [-0.25, -0.2) is 13.6 Å². The van der Waals surface area contributed by atoms with Crippen molar-refractivity contribution in [1.82, 2.24) is 0 Å².